The summed E-state index contributed by atoms with van der Waals surface area (Å²) in [5.74, 6) is -0.0576. The van der Waals surface area contributed by atoms with E-state index in [4.69, 9.17) is 4.42 Å². The van der Waals surface area contributed by atoms with E-state index in [1.165, 1.54) is 17.0 Å². The smallest absolute Gasteiger partial charge is 0.242 e. The lowest BCUT2D eigenvalue weighted by atomic mass is 10.1. The van der Waals surface area contributed by atoms with E-state index in [-0.39, 0.29) is 37.1 Å². The molecule has 0 aliphatic rings. The summed E-state index contributed by atoms with van der Waals surface area (Å²) in [6.07, 6.45) is 1.74. The fraction of sp³-hybridized carbons (Fsp3) is 0.214. The first-order chi connectivity index (χ1) is 17.0. The van der Waals surface area contributed by atoms with Gasteiger partial charge in [-0.1, -0.05) is 42.5 Å². The first kappa shape index (κ1) is 24.4. The fourth-order valence-corrected chi connectivity index (χ4v) is 4.68. The minimum atomic E-state index is -0.323. The Hall–Kier alpha value is -3.71. The third-order valence-corrected chi connectivity index (χ3v) is 6.57. The molecule has 0 atom stereocenters. The lowest BCUT2D eigenvalue weighted by Gasteiger charge is -2.27. The maximum atomic E-state index is 13.6. The van der Waals surface area contributed by atoms with Crippen LogP contribution in [-0.2, 0) is 35.6 Å². The predicted molar refractivity (Wildman–Crippen MR) is 134 cm³/mol. The molecule has 0 unspecified atom stereocenters. The number of aryl methyl sites for hydroxylation is 1. The molecule has 4 aromatic rings. The van der Waals surface area contributed by atoms with Crippen LogP contribution >= 0.6 is 11.3 Å². The van der Waals surface area contributed by atoms with Gasteiger partial charge in [0, 0.05) is 16.3 Å². The average molecular weight is 491 g/mol. The number of carbonyl (C=O) groups is 2. The van der Waals surface area contributed by atoms with Crippen molar-refractivity contribution in [3.8, 4) is 0 Å². The lowest BCUT2D eigenvalue weighted by Crippen LogP contribution is -2.42. The van der Waals surface area contributed by atoms with Crippen LogP contribution in [0.5, 0.6) is 0 Å². The number of halogens is 1. The van der Waals surface area contributed by atoms with E-state index >= 15 is 0 Å². The van der Waals surface area contributed by atoms with Gasteiger partial charge in [-0.25, -0.2) is 4.39 Å². The van der Waals surface area contributed by atoms with Gasteiger partial charge >= 0.3 is 0 Å². The molecule has 0 saturated heterocycles. The number of hydrogen-bond donors (Lipinski definition) is 0. The molecule has 4 rings (SSSR count). The molecule has 0 radical (unpaired) electrons. The average Bonchev–Trinajstić information content (AvgIpc) is 3.51. The molecule has 0 bridgehead atoms. The number of thiophene rings is 1. The zero-order chi connectivity index (χ0) is 24.6. The van der Waals surface area contributed by atoms with Gasteiger partial charge < -0.3 is 14.2 Å². The minimum Gasteiger partial charge on any atom is -0.467 e. The Labute approximate surface area is 208 Å². The van der Waals surface area contributed by atoms with Crippen molar-refractivity contribution in [3.63, 3.8) is 0 Å². The summed E-state index contributed by atoms with van der Waals surface area (Å²) in [7, 11) is 0. The van der Waals surface area contributed by atoms with E-state index in [0.717, 1.165) is 20.9 Å². The Bertz CT molecular complexity index is 1240. The van der Waals surface area contributed by atoms with Crippen molar-refractivity contribution in [2.45, 2.75) is 33.0 Å². The molecule has 0 fully saturated rings. The molecule has 2 aromatic heterocycles. The van der Waals surface area contributed by atoms with E-state index < -0.39 is 0 Å². The first-order valence-electron chi connectivity index (χ1n) is 11.4. The highest BCUT2D eigenvalue weighted by atomic mass is 32.1. The second-order valence-electron chi connectivity index (χ2n) is 8.38. The third kappa shape index (κ3) is 7.13. The maximum absolute atomic E-state index is 13.6. The van der Waals surface area contributed by atoms with Crippen molar-refractivity contribution in [1.82, 2.24) is 9.80 Å². The Morgan fingerprint density at radius 3 is 2.23 bits per heavy atom. The number of carbonyl (C=O) groups excluding carboxylic acids is 2. The molecule has 0 saturated carbocycles. The normalized spacial score (nSPS) is 10.8. The summed E-state index contributed by atoms with van der Waals surface area (Å²) in [4.78, 5) is 32.2. The highest BCUT2D eigenvalue weighted by molar-refractivity contribution is 7.11. The zero-order valence-corrected chi connectivity index (χ0v) is 20.3. The molecule has 0 aliphatic heterocycles. The monoisotopic (exact) mass is 490 g/mol. The largest absolute Gasteiger partial charge is 0.467 e. The second kappa shape index (κ2) is 11.6. The number of rotatable bonds is 10. The molecule has 0 spiro atoms. The van der Waals surface area contributed by atoms with Gasteiger partial charge in [0.2, 0.25) is 11.8 Å². The molecule has 0 aliphatic carbocycles. The van der Waals surface area contributed by atoms with Crippen LogP contribution in [0.1, 0.15) is 26.6 Å². The molecule has 35 heavy (non-hydrogen) atoms. The Balaban J connectivity index is 1.53. The highest BCUT2D eigenvalue weighted by Gasteiger charge is 2.23. The van der Waals surface area contributed by atoms with Crippen LogP contribution in [0.4, 0.5) is 4.39 Å². The van der Waals surface area contributed by atoms with Gasteiger partial charge in [0.05, 0.1) is 25.8 Å². The van der Waals surface area contributed by atoms with Crippen molar-refractivity contribution in [2.75, 3.05) is 6.54 Å². The van der Waals surface area contributed by atoms with Gasteiger partial charge in [-0.2, -0.15) is 0 Å². The zero-order valence-electron chi connectivity index (χ0n) is 19.5. The van der Waals surface area contributed by atoms with Crippen molar-refractivity contribution >= 4 is 23.2 Å². The maximum Gasteiger partial charge on any atom is 0.242 e. The van der Waals surface area contributed by atoms with Crippen LogP contribution in [0.25, 0.3) is 0 Å². The summed E-state index contributed by atoms with van der Waals surface area (Å²) in [6.45, 7) is 2.87. The number of hydrogen-bond acceptors (Lipinski definition) is 4. The van der Waals surface area contributed by atoms with E-state index in [9.17, 15) is 14.0 Å². The van der Waals surface area contributed by atoms with E-state index in [2.05, 4.69) is 0 Å². The quantitative estimate of drug-likeness (QED) is 0.291. The Morgan fingerprint density at radius 1 is 0.800 bits per heavy atom. The molecular formula is C28H27FN2O3S. The molecule has 5 nitrogen and oxygen atoms in total. The van der Waals surface area contributed by atoms with Crippen LogP contribution < -0.4 is 0 Å². The van der Waals surface area contributed by atoms with Crippen LogP contribution in [0.2, 0.25) is 0 Å². The third-order valence-electron chi connectivity index (χ3n) is 5.59. The molecule has 7 heteroatoms. The Kier molecular flexibility index (Phi) is 8.11. The molecular weight excluding hydrogens is 463 g/mol. The van der Waals surface area contributed by atoms with Gasteiger partial charge in [0.1, 0.15) is 18.1 Å². The number of nitrogens with zero attached hydrogens (tertiary/aromatic N) is 2. The van der Waals surface area contributed by atoms with Crippen LogP contribution in [0.15, 0.2) is 89.5 Å². The number of benzene rings is 2. The van der Waals surface area contributed by atoms with E-state index in [1.807, 2.05) is 49.4 Å². The van der Waals surface area contributed by atoms with Crippen LogP contribution in [0.3, 0.4) is 0 Å². The molecule has 2 aromatic carbocycles. The van der Waals surface area contributed by atoms with Crippen molar-refractivity contribution in [2.24, 2.45) is 0 Å². The van der Waals surface area contributed by atoms with Crippen molar-refractivity contribution in [3.05, 3.63) is 118 Å². The molecule has 2 amide bonds. The van der Waals surface area contributed by atoms with Crippen molar-refractivity contribution in [1.29, 1.82) is 0 Å². The van der Waals surface area contributed by atoms with Crippen LogP contribution in [0, 0.1) is 12.7 Å². The van der Waals surface area contributed by atoms with Gasteiger partial charge in [-0.15, -0.1) is 11.3 Å². The van der Waals surface area contributed by atoms with Gasteiger partial charge in [0.15, 0.2) is 0 Å². The SMILES string of the molecule is Cc1ccc(CN(Cc2ccc(F)cc2)C(=O)CN(Cc2ccco2)C(=O)Cc2ccccc2)s1. The number of amides is 2. The lowest BCUT2D eigenvalue weighted by molar-refractivity contribution is -0.141. The summed E-state index contributed by atoms with van der Waals surface area (Å²) in [5.41, 5.74) is 1.70. The van der Waals surface area contributed by atoms with Gasteiger partial charge in [-0.05, 0) is 54.4 Å². The molecule has 180 valence electrons. The van der Waals surface area contributed by atoms with E-state index in [1.54, 1.807) is 46.8 Å². The summed E-state index contributed by atoms with van der Waals surface area (Å²) < 4.78 is 18.9. The first-order valence-corrected chi connectivity index (χ1v) is 12.2. The fourth-order valence-electron chi connectivity index (χ4n) is 3.77. The van der Waals surface area contributed by atoms with E-state index in [0.29, 0.717) is 18.8 Å². The predicted octanol–water partition coefficient (Wildman–Crippen LogP) is 5.59. The molecule has 2 heterocycles. The summed E-state index contributed by atoms with van der Waals surface area (Å²) in [6, 6.07) is 23.2. The van der Waals surface area contributed by atoms with Gasteiger partial charge in [-0.3, -0.25) is 9.59 Å². The summed E-state index contributed by atoms with van der Waals surface area (Å²) >= 11 is 1.63. The van der Waals surface area contributed by atoms with Crippen molar-refractivity contribution < 1.29 is 18.4 Å². The minimum absolute atomic E-state index is 0.0854. The topological polar surface area (TPSA) is 53.8 Å². The Morgan fingerprint density at radius 2 is 1.57 bits per heavy atom. The second-order valence-corrected chi connectivity index (χ2v) is 9.75. The summed E-state index contributed by atoms with van der Waals surface area (Å²) in [5, 5.41) is 0. The van der Waals surface area contributed by atoms with Crippen LogP contribution in [-0.4, -0.2) is 28.2 Å². The standard InChI is InChI=1S/C28H27FN2O3S/c1-21-9-14-26(35-21)19-30(17-23-10-12-24(29)13-11-23)28(33)20-31(18-25-8-5-15-34-25)27(32)16-22-6-3-2-4-7-22/h2-15H,16-20H2,1H3. The number of furan rings is 1. The highest BCUT2D eigenvalue weighted by Crippen LogP contribution is 2.20. The van der Waals surface area contributed by atoms with Gasteiger partial charge in [0.25, 0.3) is 0 Å². The molecule has 0 N–H and O–H groups in total.